The number of hydrogen-bond donors (Lipinski definition) is 2. The van der Waals surface area contributed by atoms with E-state index >= 15 is 0 Å². The number of para-hydroxylation sites is 3. The maximum absolute atomic E-state index is 13.8. The molecule has 0 radical (unpaired) electrons. The summed E-state index contributed by atoms with van der Waals surface area (Å²) in [6.45, 7) is 0.528. The van der Waals surface area contributed by atoms with E-state index in [1.54, 1.807) is 16.7 Å². The average Bonchev–Trinajstić information content (AvgIpc) is 3.02. The van der Waals surface area contributed by atoms with Crippen LogP contribution in [0.5, 0.6) is 11.5 Å². The highest BCUT2D eigenvalue weighted by Gasteiger charge is 2.18. The fraction of sp³-hybridized carbons (Fsp3) is 0.111. The molecule has 2 N–H and O–H groups in total. The van der Waals surface area contributed by atoms with Crippen molar-refractivity contribution in [2.24, 2.45) is 0 Å². The van der Waals surface area contributed by atoms with Crippen LogP contribution in [0.25, 0.3) is 0 Å². The number of carboxylic acid groups (broad SMARTS) is 1. The molecule has 0 aliphatic rings. The normalized spacial score (nSPS) is 10.6. The summed E-state index contributed by atoms with van der Waals surface area (Å²) in [5.41, 5.74) is 3.36. The van der Waals surface area contributed by atoms with E-state index < -0.39 is 5.97 Å². The fourth-order valence-electron chi connectivity index (χ4n) is 4.57. The molecule has 0 saturated heterocycles. The van der Waals surface area contributed by atoms with Crippen LogP contribution in [0.1, 0.15) is 17.5 Å². The number of amides is 2. The quantitative estimate of drug-likeness (QED) is 0.152. The molecule has 0 unspecified atom stereocenters. The lowest BCUT2D eigenvalue weighted by molar-refractivity contribution is -0.136. The zero-order valence-electron chi connectivity index (χ0n) is 23.6. The van der Waals surface area contributed by atoms with Crippen LogP contribution in [-0.4, -0.2) is 23.7 Å². The molecule has 2 amide bonds. The van der Waals surface area contributed by atoms with Gasteiger partial charge in [0.25, 0.3) is 0 Å². The van der Waals surface area contributed by atoms with E-state index in [1.165, 1.54) is 5.56 Å². The standard InChI is InChI=1S/C36H32N2O4S/c39-35(40)26-28-17-21-31(22-18-28)43-32-23-19-29(20-24-32)38(25-9-12-27-10-3-1-4-11-27)36(41)37-33-15-7-8-16-34(33)42-30-13-5-2-6-14-30/h1-8,10-11,13-24H,9,12,25-26H2,(H,37,41)(H,39,40). The third kappa shape index (κ3) is 8.74. The molecule has 5 aromatic carbocycles. The number of hydrogen-bond acceptors (Lipinski definition) is 4. The van der Waals surface area contributed by atoms with E-state index in [2.05, 4.69) is 17.4 Å². The number of benzene rings is 5. The van der Waals surface area contributed by atoms with Crippen LogP contribution in [0.4, 0.5) is 16.2 Å². The van der Waals surface area contributed by atoms with Crippen molar-refractivity contribution < 1.29 is 19.4 Å². The summed E-state index contributed by atoms with van der Waals surface area (Å²) in [6, 6.07) is 42.3. The van der Waals surface area contributed by atoms with Crippen molar-refractivity contribution in [1.82, 2.24) is 0 Å². The van der Waals surface area contributed by atoms with Gasteiger partial charge in [0.1, 0.15) is 5.75 Å². The van der Waals surface area contributed by atoms with Gasteiger partial charge in [-0.3, -0.25) is 9.69 Å². The molecule has 5 rings (SSSR count). The predicted molar refractivity (Wildman–Crippen MR) is 172 cm³/mol. The first-order valence-corrected chi connectivity index (χ1v) is 14.9. The summed E-state index contributed by atoms with van der Waals surface area (Å²) in [4.78, 5) is 28.5. The molecule has 7 heteroatoms. The van der Waals surface area contributed by atoms with Crippen LogP contribution in [0.2, 0.25) is 0 Å². The van der Waals surface area contributed by atoms with Crippen LogP contribution in [0, 0.1) is 0 Å². The minimum Gasteiger partial charge on any atom is -0.481 e. The highest BCUT2D eigenvalue weighted by molar-refractivity contribution is 7.99. The number of urea groups is 1. The van der Waals surface area contributed by atoms with Crippen molar-refractivity contribution in [3.05, 3.63) is 145 Å². The van der Waals surface area contributed by atoms with Gasteiger partial charge in [0.2, 0.25) is 0 Å². The molecule has 0 fully saturated rings. The Balaban J connectivity index is 1.31. The molecular weight excluding hydrogens is 556 g/mol. The molecule has 43 heavy (non-hydrogen) atoms. The molecule has 0 heterocycles. The Bertz CT molecular complexity index is 1630. The number of ether oxygens (including phenoxy) is 1. The van der Waals surface area contributed by atoms with E-state index in [1.807, 2.05) is 121 Å². The van der Waals surface area contributed by atoms with Gasteiger partial charge in [-0.05, 0) is 84.6 Å². The molecular formula is C36H32N2O4S. The Kier molecular flexibility index (Phi) is 10.1. The summed E-state index contributed by atoms with van der Waals surface area (Å²) in [5, 5.41) is 12.1. The van der Waals surface area contributed by atoms with Crippen LogP contribution in [-0.2, 0) is 17.6 Å². The monoisotopic (exact) mass is 588 g/mol. The van der Waals surface area contributed by atoms with E-state index in [0.29, 0.717) is 23.7 Å². The van der Waals surface area contributed by atoms with Gasteiger partial charge >= 0.3 is 12.0 Å². The number of carbonyl (C=O) groups is 2. The maximum Gasteiger partial charge on any atom is 0.326 e. The van der Waals surface area contributed by atoms with Crippen LogP contribution in [0.3, 0.4) is 0 Å². The lowest BCUT2D eigenvalue weighted by atomic mass is 10.1. The first kappa shape index (κ1) is 29.5. The highest BCUT2D eigenvalue weighted by Crippen LogP contribution is 2.32. The Morgan fingerprint density at radius 2 is 1.30 bits per heavy atom. The van der Waals surface area contributed by atoms with Gasteiger partial charge in [-0.25, -0.2) is 4.79 Å². The second kappa shape index (κ2) is 14.8. The zero-order chi connectivity index (χ0) is 29.9. The van der Waals surface area contributed by atoms with Crippen molar-refractivity contribution in [2.45, 2.75) is 29.1 Å². The molecule has 0 saturated carbocycles. The van der Waals surface area contributed by atoms with Gasteiger partial charge < -0.3 is 15.2 Å². The predicted octanol–water partition coefficient (Wildman–Crippen LogP) is 8.93. The summed E-state index contributed by atoms with van der Waals surface area (Å²) in [5.74, 6) is 0.404. The minimum absolute atomic E-state index is 0.00463. The van der Waals surface area contributed by atoms with Crippen LogP contribution >= 0.6 is 11.8 Å². The van der Waals surface area contributed by atoms with E-state index in [0.717, 1.165) is 33.9 Å². The molecule has 0 aromatic heterocycles. The van der Waals surface area contributed by atoms with E-state index in [9.17, 15) is 9.59 Å². The molecule has 6 nitrogen and oxygen atoms in total. The van der Waals surface area contributed by atoms with Crippen molar-refractivity contribution in [3.8, 4) is 11.5 Å². The number of carboxylic acids is 1. The second-order valence-electron chi connectivity index (χ2n) is 9.89. The first-order chi connectivity index (χ1) is 21.0. The number of anilines is 2. The molecule has 0 bridgehead atoms. The Morgan fingerprint density at radius 1 is 0.698 bits per heavy atom. The molecule has 0 aliphatic heterocycles. The highest BCUT2D eigenvalue weighted by atomic mass is 32.2. The third-order valence-electron chi connectivity index (χ3n) is 6.70. The SMILES string of the molecule is O=C(O)Cc1ccc(Sc2ccc(N(CCCc3ccccc3)C(=O)Nc3ccccc3Oc3ccccc3)cc2)cc1. The Morgan fingerprint density at radius 3 is 1.98 bits per heavy atom. The van der Waals surface area contributed by atoms with E-state index in [-0.39, 0.29) is 12.5 Å². The molecule has 0 aliphatic carbocycles. The summed E-state index contributed by atoms with van der Waals surface area (Å²) < 4.78 is 6.07. The number of aryl methyl sites for hydroxylation is 1. The fourth-order valence-corrected chi connectivity index (χ4v) is 5.39. The molecule has 0 spiro atoms. The average molecular weight is 589 g/mol. The number of carbonyl (C=O) groups excluding carboxylic acids is 1. The van der Waals surface area contributed by atoms with Crippen LogP contribution in [0.15, 0.2) is 143 Å². The second-order valence-corrected chi connectivity index (χ2v) is 11.0. The molecule has 5 aromatic rings. The van der Waals surface area contributed by atoms with Crippen molar-refractivity contribution >= 4 is 35.1 Å². The van der Waals surface area contributed by atoms with Gasteiger partial charge in [0, 0.05) is 22.0 Å². The van der Waals surface area contributed by atoms with Gasteiger partial charge in [0.15, 0.2) is 5.75 Å². The minimum atomic E-state index is -0.847. The smallest absolute Gasteiger partial charge is 0.326 e. The number of rotatable bonds is 12. The largest absolute Gasteiger partial charge is 0.481 e. The number of nitrogens with zero attached hydrogens (tertiary/aromatic N) is 1. The van der Waals surface area contributed by atoms with Crippen molar-refractivity contribution in [2.75, 3.05) is 16.8 Å². The van der Waals surface area contributed by atoms with Crippen molar-refractivity contribution in [3.63, 3.8) is 0 Å². The molecule has 216 valence electrons. The Labute approximate surface area is 256 Å². The lowest BCUT2D eigenvalue weighted by Crippen LogP contribution is -2.36. The van der Waals surface area contributed by atoms with Gasteiger partial charge in [0.05, 0.1) is 12.1 Å². The lowest BCUT2D eigenvalue weighted by Gasteiger charge is -2.24. The van der Waals surface area contributed by atoms with Crippen molar-refractivity contribution in [1.29, 1.82) is 0 Å². The van der Waals surface area contributed by atoms with E-state index in [4.69, 9.17) is 9.84 Å². The Hall–Kier alpha value is -5.01. The summed E-state index contributed by atoms with van der Waals surface area (Å²) in [7, 11) is 0. The topological polar surface area (TPSA) is 78.9 Å². The number of nitrogens with one attached hydrogen (secondary N) is 1. The van der Waals surface area contributed by atoms with Crippen LogP contribution < -0.4 is 15.0 Å². The summed E-state index contributed by atoms with van der Waals surface area (Å²) in [6.07, 6.45) is 1.65. The maximum atomic E-state index is 13.8. The third-order valence-corrected chi connectivity index (χ3v) is 7.71. The van der Waals surface area contributed by atoms with Gasteiger partial charge in [-0.15, -0.1) is 0 Å². The summed E-state index contributed by atoms with van der Waals surface area (Å²) >= 11 is 1.58. The number of aliphatic carboxylic acids is 1. The zero-order valence-corrected chi connectivity index (χ0v) is 24.4. The first-order valence-electron chi connectivity index (χ1n) is 14.1. The van der Waals surface area contributed by atoms with Gasteiger partial charge in [-0.1, -0.05) is 84.6 Å². The van der Waals surface area contributed by atoms with Gasteiger partial charge in [-0.2, -0.15) is 0 Å². The molecule has 0 atom stereocenters.